The number of hydrogen-bond donors (Lipinski definition) is 4. The Morgan fingerprint density at radius 3 is 2.61 bits per heavy atom. The third-order valence-electron chi connectivity index (χ3n) is 2.98. The summed E-state index contributed by atoms with van der Waals surface area (Å²) in [4.78, 5) is 23.5. The maximum atomic E-state index is 13.4. The Hall–Kier alpha value is -1.19. The molecule has 0 aromatic carbocycles. The summed E-state index contributed by atoms with van der Waals surface area (Å²) in [6.45, 7) is 0.0760. The van der Waals surface area contributed by atoms with Gasteiger partial charge in [-0.15, -0.1) is 0 Å². The van der Waals surface area contributed by atoms with Gasteiger partial charge in [-0.05, 0) is 12.8 Å². The monoisotopic (exact) mass is 261 g/mol. The van der Waals surface area contributed by atoms with Crippen molar-refractivity contribution in [2.45, 2.75) is 37.4 Å². The highest BCUT2D eigenvalue weighted by Gasteiger charge is 2.45. The summed E-state index contributed by atoms with van der Waals surface area (Å²) in [5, 5.41) is 18.1. The highest BCUT2D eigenvalue weighted by Crippen LogP contribution is 2.22. The molecule has 7 nitrogen and oxygen atoms in total. The van der Waals surface area contributed by atoms with E-state index in [2.05, 4.69) is 0 Å². The largest absolute Gasteiger partial charge is 0.478 e. The van der Waals surface area contributed by atoms with Crippen molar-refractivity contribution >= 4 is 18.9 Å². The average molecular weight is 261 g/mol. The van der Waals surface area contributed by atoms with Gasteiger partial charge < -0.3 is 26.4 Å². The van der Waals surface area contributed by atoms with Gasteiger partial charge in [0.05, 0.1) is 12.0 Å². The quantitative estimate of drug-likeness (QED) is 0.407. The molecule has 1 aliphatic heterocycles. The first-order valence-corrected chi connectivity index (χ1v) is 5.69. The molecule has 0 spiro atoms. The maximum Gasteiger partial charge on any atom is 0.478 e. The van der Waals surface area contributed by atoms with Crippen LogP contribution in [0.1, 0.15) is 19.3 Å². The SMILES string of the molecule is NC(=O)CCC(N)C(=O)N1CC[C@@H](F)[C@@H]1B(O)O. The molecule has 1 fully saturated rings. The van der Waals surface area contributed by atoms with Crippen LogP contribution >= 0.6 is 0 Å². The molecule has 0 aliphatic carbocycles. The number of carbonyl (C=O) groups excluding carboxylic acids is 2. The molecule has 2 amide bonds. The van der Waals surface area contributed by atoms with Crippen LogP contribution in [-0.4, -0.2) is 58.6 Å². The second kappa shape index (κ2) is 6.12. The Kier molecular flexibility index (Phi) is 5.06. The summed E-state index contributed by atoms with van der Waals surface area (Å²) in [7, 11) is -1.95. The Bertz CT molecular complexity index is 331. The zero-order valence-electron chi connectivity index (χ0n) is 9.83. The topological polar surface area (TPSA) is 130 Å². The highest BCUT2D eigenvalue weighted by molar-refractivity contribution is 6.44. The van der Waals surface area contributed by atoms with Gasteiger partial charge in [0.2, 0.25) is 11.8 Å². The predicted molar refractivity (Wildman–Crippen MR) is 61.6 cm³/mol. The summed E-state index contributed by atoms with van der Waals surface area (Å²) in [6, 6.07) is -0.996. The standard InChI is InChI=1S/C9H17BFN3O4/c11-5-3-4-14(8(5)10(17)18)9(16)6(12)1-2-7(13)15/h5-6,8,17-18H,1-4,12H2,(H2,13,15)/t5-,6?,8-/m1/s1. The van der Waals surface area contributed by atoms with E-state index in [9.17, 15) is 14.0 Å². The van der Waals surface area contributed by atoms with Crippen LogP contribution in [0.3, 0.4) is 0 Å². The first-order valence-electron chi connectivity index (χ1n) is 5.69. The fourth-order valence-electron chi connectivity index (χ4n) is 2.02. The van der Waals surface area contributed by atoms with Crippen LogP contribution in [-0.2, 0) is 9.59 Å². The number of alkyl halides is 1. The van der Waals surface area contributed by atoms with Crippen LogP contribution in [0.15, 0.2) is 0 Å². The van der Waals surface area contributed by atoms with Gasteiger partial charge >= 0.3 is 7.12 Å². The molecule has 0 aromatic heterocycles. The molecule has 1 rings (SSSR count). The summed E-state index contributed by atoms with van der Waals surface area (Å²) < 4.78 is 13.4. The first-order chi connectivity index (χ1) is 8.34. The van der Waals surface area contributed by atoms with E-state index >= 15 is 0 Å². The molecule has 9 heteroatoms. The highest BCUT2D eigenvalue weighted by atomic mass is 19.1. The number of rotatable bonds is 5. The summed E-state index contributed by atoms with van der Waals surface area (Å²) in [5.74, 6) is -2.48. The van der Waals surface area contributed by atoms with Gasteiger partial charge in [-0.1, -0.05) is 0 Å². The van der Waals surface area contributed by atoms with E-state index < -0.39 is 37.1 Å². The van der Waals surface area contributed by atoms with E-state index in [-0.39, 0.29) is 25.8 Å². The number of hydrogen-bond acceptors (Lipinski definition) is 5. The molecule has 0 saturated carbocycles. The molecule has 18 heavy (non-hydrogen) atoms. The van der Waals surface area contributed by atoms with E-state index in [0.717, 1.165) is 4.90 Å². The van der Waals surface area contributed by atoms with E-state index in [1.165, 1.54) is 0 Å². The third kappa shape index (κ3) is 3.41. The van der Waals surface area contributed by atoms with Crippen LogP contribution in [0.5, 0.6) is 0 Å². The van der Waals surface area contributed by atoms with Crippen molar-refractivity contribution in [3.05, 3.63) is 0 Å². The lowest BCUT2D eigenvalue weighted by Gasteiger charge is -2.27. The van der Waals surface area contributed by atoms with Gasteiger partial charge in [-0.25, -0.2) is 4.39 Å². The van der Waals surface area contributed by atoms with Gasteiger partial charge in [0.25, 0.3) is 0 Å². The molecule has 1 aliphatic rings. The Morgan fingerprint density at radius 2 is 2.11 bits per heavy atom. The molecule has 6 N–H and O–H groups in total. The normalized spacial score (nSPS) is 25.0. The second-order valence-corrected chi connectivity index (χ2v) is 4.35. The number of likely N-dealkylation sites (tertiary alicyclic amines) is 1. The van der Waals surface area contributed by atoms with Gasteiger partial charge in [0.15, 0.2) is 0 Å². The van der Waals surface area contributed by atoms with Crippen LogP contribution in [0.2, 0.25) is 0 Å². The van der Waals surface area contributed by atoms with E-state index in [0.29, 0.717) is 0 Å². The molecule has 0 aromatic rings. The van der Waals surface area contributed by atoms with Crippen molar-refractivity contribution in [2.24, 2.45) is 11.5 Å². The fraction of sp³-hybridized carbons (Fsp3) is 0.778. The van der Waals surface area contributed by atoms with Crippen molar-refractivity contribution in [1.82, 2.24) is 4.90 Å². The van der Waals surface area contributed by atoms with Gasteiger partial charge in [0.1, 0.15) is 6.17 Å². The predicted octanol–water partition coefficient (Wildman–Crippen LogP) is -2.47. The number of amides is 2. The molecule has 102 valence electrons. The molecular formula is C9H17BFN3O4. The van der Waals surface area contributed by atoms with E-state index in [4.69, 9.17) is 21.5 Å². The third-order valence-corrected chi connectivity index (χ3v) is 2.98. The van der Waals surface area contributed by atoms with Crippen molar-refractivity contribution in [3.63, 3.8) is 0 Å². The molecular weight excluding hydrogens is 244 g/mol. The first kappa shape index (κ1) is 14.9. The Labute approximate surface area is 104 Å². The Balaban J connectivity index is 2.62. The lowest BCUT2D eigenvalue weighted by atomic mass is 9.76. The van der Waals surface area contributed by atoms with E-state index in [1.807, 2.05) is 0 Å². The zero-order chi connectivity index (χ0) is 13.9. The smallest absolute Gasteiger partial charge is 0.426 e. The van der Waals surface area contributed by atoms with Crippen LogP contribution in [0, 0.1) is 0 Å². The minimum absolute atomic E-state index is 0.0383. The lowest BCUT2D eigenvalue weighted by Crippen LogP contribution is -2.53. The van der Waals surface area contributed by atoms with Crippen molar-refractivity contribution in [3.8, 4) is 0 Å². The lowest BCUT2D eigenvalue weighted by molar-refractivity contribution is -0.133. The molecule has 0 bridgehead atoms. The molecule has 1 heterocycles. The maximum absolute atomic E-state index is 13.4. The number of primary amides is 1. The fourth-order valence-corrected chi connectivity index (χ4v) is 2.02. The van der Waals surface area contributed by atoms with Gasteiger partial charge in [0, 0.05) is 13.0 Å². The van der Waals surface area contributed by atoms with Crippen molar-refractivity contribution in [1.29, 1.82) is 0 Å². The van der Waals surface area contributed by atoms with Gasteiger partial charge in [-0.2, -0.15) is 0 Å². The Morgan fingerprint density at radius 1 is 1.50 bits per heavy atom. The van der Waals surface area contributed by atoms with E-state index in [1.54, 1.807) is 0 Å². The van der Waals surface area contributed by atoms with Crippen LogP contribution in [0.25, 0.3) is 0 Å². The minimum Gasteiger partial charge on any atom is -0.426 e. The number of halogens is 1. The number of nitrogens with two attached hydrogens (primary N) is 2. The van der Waals surface area contributed by atoms with Crippen molar-refractivity contribution in [2.75, 3.05) is 6.54 Å². The second-order valence-electron chi connectivity index (χ2n) is 4.35. The van der Waals surface area contributed by atoms with Crippen molar-refractivity contribution < 1.29 is 24.0 Å². The summed E-state index contributed by atoms with van der Waals surface area (Å²) in [5.41, 5.74) is 10.5. The molecule has 0 radical (unpaired) electrons. The molecule has 3 atom stereocenters. The summed E-state index contributed by atoms with van der Waals surface area (Å²) in [6.07, 6.45) is -1.45. The minimum atomic E-state index is -1.95. The zero-order valence-corrected chi connectivity index (χ0v) is 9.83. The van der Waals surface area contributed by atoms with Gasteiger partial charge in [-0.3, -0.25) is 9.59 Å². The number of nitrogens with zero attached hydrogens (tertiary/aromatic N) is 1. The van der Waals surface area contributed by atoms with Crippen LogP contribution < -0.4 is 11.5 Å². The molecule has 1 unspecified atom stereocenters. The number of carbonyl (C=O) groups is 2. The summed E-state index contributed by atoms with van der Waals surface area (Å²) >= 11 is 0. The average Bonchev–Trinajstić information content (AvgIpc) is 2.66. The van der Waals surface area contributed by atoms with Crippen LogP contribution in [0.4, 0.5) is 4.39 Å². The molecule has 1 saturated heterocycles.